The molecule has 0 aliphatic heterocycles. The normalized spacial score (nSPS) is 12.3. The van der Waals surface area contributed by atoms with Crippen molar-refractivity contribution in [3.8, 4) is 5.75 Å². The summed E-state index contributed by atoms with van der Waals surface area (Å²) < 4.78 is 5.37. The lowest BCUT2D eigenvalue weighted by molar-refractivity contribution is 0.413. The fraction of sp³-hybridized carbons (Fsp3) is 0.368. The van der Waals surface area contributed by atoms with E-state index in [4.69, 9.17) is 4.74 Å². The smallest absolute Gasteiger partial charge is 0.119 e. The maximum Gasteiger partial charge on any atom is 0.119 e. The molecular formula is C19H25NO. The lowest BCUT2D eigenvalue weighted by Crippen LogP contribution is -2.20. The fourth-order valence-electron chi connectivity index (χ4n) is 2.98. The van der Waals surface area contributed by atoms with E-state index in [0.29, 0.717) is 0 Å². The van der Waals surface area contributed by atoms with Crippen molar-refractivity contribution in [2.45, 2.75) is 33.7 Å². The molecule has 2 nitrogen and oxygen atoms in total. The second-order valence-electron chi connectivity index (χ2n) is 5.67. The van der Waals surface area contributed by atoms with Crippen molar-refractivity contribution in [3.63, 3.8) is 0 Å². The van der Waals surface area contributed by atoms with Crippen molar-refractivity contribution in [1.29, 1.82) is 0 Å². The molecule has 0 aliphatic carbocycles. The Bertz CT molecular complexity index is 620. The Balaban J connectivity index is 2.61. The highest BCUT2D eigenvalue weighted by molar-refractivity contribution is 5.49. The number of hydrogen-bond acceptors (Lipinski definition) is 2. The predicted molar refractivity (Wildman–Crippen MR) is 89.3 cm³/mol. The molecule has 0 fully saturated rings. The van der Waals surface area contributed by atoms with Crippen LogP contribution in [0.15, 0.2) is 30.3 Å². The van der Waals surface area contributed by atoms with Gasteiger partial charge in [-0.25, -0.2) is 0 Å². The summed E-state index contributed by atoms with van der Waals surface area (Å²) in [5, 5.41) is 3.47. The van der Waals surface area contributed by atoms with Crippen LogP contribution in [0.3, 0.4) is 0 Å². The highest BCUT2D eigenvalue weighted by Crippen LogP contribution is 2.32. The Morgan fingerprint density at radius 2 is 1.57 bits per heavy atom. The van der Waals surface area contributed by atoms with Gasteiger partial charge in [-0.3, -0.25) is 0 Å². The molecular weight excluding hydrogens is 258 g/mol. The summed E-state index contributed by atoms with van der Waals surface area (Å²) in [5.41, 5.74) is 8.02. The molecule has 1 unspecified atom stereocenters. The summed E-state index contributed by atoms with van der Waals surface area (Å²) >= 11 is 0. The first-order chi connectivity index (χ1) is 9.99. The molecule has 0 spiro atoms. The van der Waals surface area contributed by atoms with E-state index in [0.717, 1.165) is 5.75 Å². The van der Waals surface area contributed by atoms with Crippen LogP contribution in [0.2, 0.25) is 0 Å². The molecule has 0 bridgehead atoms. The summed E-state index contributed by atoms with van der Waals surface area (Å²) in [6.07, 6.45) is 0. The lowest BCUT2D eigenvalue weighted by Gasteiger charge is -2.24. The third-order valence-corrected chi connectivity index (χ3v) is 4.43. The minimum absolute atomic E-state index is 0.179. The van der Waals surface area contributed by atoms with E-state index in [1.165, 1.54) is 33.4 Å². The van der Waals surface area contributed by atoms with Gasteiger partial charge in [0.05, 0.1) is 13.2 Å². The van der Waals surface area contributed by atoms with Crippen molar-refractivity contribution in [2.24, 2.45) is 0 Å². The second kappa shape index (κ2) is 6.31. The van der Waals surface area contributed by atoms with Crippen molar-refractivity contribution < 1.29 is 4.74 Å². The van der Waals surface area contributed by atoms with Gasteiger partial charge < -0.3 is 10.1 Å². The van der Waals surface area contributed by atoms with Gasteiger partial charge in [-0.05, 0) is 80.3 Å². The maximum absolute atomic E-state index is 5.37. The molecule has 21 heavy (non-hydrogen) atoms. The molecule has 0 aliphatic rings. The van der Waals surface area contributed by atoms with Crippen LogP contribution < -0.4 is 10.1 Å². The van der Waals surface area contributed by atoms with Gasteiger partial charge in [-0.2, -0.15) is 0 Å². The van der Waals surface area contributed by atoms with Gasteiger partial charge in [0.2, 0.25) is 0 Å². The summed E-state index contributed by atoms with van der Waals surface area (Å²) in [6.45, 7) is 8.79. The summed E-state index contributed by atoms with van der Waals surface area (Å²) in [5.74, 6) is 0.896. The van der Waals surface area contributed by atoms with Crippen LogP contribution >= 0.6 is 0 Å². The summed E-state index contributed by atoms with van der Waals surface area (Å²) in [7, 11) is 3.72. The molecule has 1 N–H and O–H groups in total. The van der Waals surface area contributed by atoms with E-state index in [1.807, 2.05) is 19.2 Å². The monoisotopic (exact) mass is 283 g/mol. The highest BCUT2D eigenvalue weighted by Gasteiger charge is 2.19. The molecule has 2 aromatic carbocycles. The van der Waals surface area contributed by atoms with Gasteiger partial charge in [0.1, 0.15) is 5.75 Å². The molecule has 0 saturated carbocycles. The van der Waals surface area contributed by atoms with Gasteiger partial charge in [0, 0.05) is 0 Å². The van der Waals surface area contributed by atoms with Crippen LogP contribution in [0, 0.1) is 27.7 Å². The predicted octanol–water partition coefficient (Wildman–Crippen LogP) is 4.24. The third-order valence-electron chi connectivity index (χ3n) is 4.43. The number of methoxy groups -OCH3 is 1. The fourth-order valence-corrected chi connectivity index (χ4v) is 2.98. The SMILES string of the molecule is CNC(c1cccc(OC)c1)c1c(C)c(C)cc(C)c1C. The Kier molecular flexibility index (Phi) is 4.69. The van der Waals surface area contributed by atoms with Gasteiger partial charge in [0.15, 0.2) is 0 Å². The molecule has 0 saturated heterocycles. The highest BCUT2D eigenvalue weighted by atomic mass is 16.5. The van der Waals surface area contributed by atoms with Crippen molar-refractivity contribution in [2.75, 3.05) is 14.2 Å². The van der Waals surface area contributed by atoms with Gasteiger partial charge in [-0.1, -0.05) is 18.2 Å². The van der Waals surface area contributed by atoms with Crippen LogP contribution in [0.1, 0.15) is 39.4 Å². The number of aryl methyl sites for hydroxylation is 2. The first kappa shape index (κ1) is 15.6. The standard InChI is InChI=1S/C19H25NO/c1-12-10-13(2)15(4)18(14(12)3)19(20-5)16-8-7-9-17(11-16)21-6/h7-11,19-20H,1-6H3. The number of rotatable bonds is 4. The quantitative estimate of drug-likeness (QED) is 0.906. The molecule has 2 aromatic rings. The van der Waals surface area contributed by atoms with E-state index in [2.05, 4.69) is 51.2 Å². The molecule has 0 heterocycles. The average molecular weight is 283 g/mol. The molecule has 2 heteroatoms. The molecule has 0 amide bonds. The Morgan fingerprint density at radius 1 is 0.952 bits per heavy atom. The molecule has 1 atom stereocenters. The van der Waals surface area contributed by atoms with Crippen molar-refractivity contribution in [1.82, 2.24) is 5.32 Å². The summed E-state index contributed by atoms with van der Waals surface area (Å²) in [4.78, 5) is 0. The minimum atomic E-state index is 0.179. The molecule has 112 valence electrons. The van der Waals surface area contributed by atoms with E-state index in [1.54, 1.807) is 7.11 Å². The number of nitrogens with one attached hydrogen (secondary N) is 1. The van der Waals surface area contributed by atoms with Crippen LogP contribution in [-0.2, 0) is 0 Å². The number of hydrogen-bond donors (Lipinski definition) is 1. The van der Waals surface area contributed by atoms with Crippen LogP contribution in [0.5, 0.6) is 5.75 Å². The largest absolute Gasteiger partial charge is 0.497 e. The van der Waals surface area contributed by atoms with Gasteiger partial charge in [-0.15, -0.1) is 0 Å². The van der Waals surface area contributed by atoms with Gasteiger partial charge >= 0.3 is 0 Å². The lowest BCUT2D eigenvalue weighted by atomic mass is 9.87. The van der Waals surface area contributed by atoms with Crippen molar-refractivity contribution in [3.05, 3.63) is 63.7 Å². The first-order valence-electron chi connectivity index (χ1n) is 7.38. The third kappa shape index (κ3) is 2.96. The molecule has 0 aromatic heterocycles. The number of ether oxygens (including phenoxy) is 1. The zero-order chi connectivity index (χ0) is 15.6. The van der Waals surface area contributed by atoms with E-state index >= 15 is 0 Å². The molecule has 0 radical (unpaired) electrons. The minimum Gasteiger partial charge on any atom is -0.497 e. The Labute approximate surface area is 128 Å². The summed E-state index contributed by atoms with van der Waals surface area (Å²) in [6, 6.07) is 10.7. The van der Waals surface area contributed by atoms with Crippen LogP contribution in [0.25, 0.3) is 0 Å². The van der Waals surface area contributed by atoms with E-state index in [9.17, 15) is 0 Å². The van der Waals surface area contributed by atoms with Gasteiger partial charge in [0.25, 0.3) is 0 Å². The Morgan fingerprint density at radius 3 is 2.10 bits per heavy atom. The topological polar surface area (TPSA) is 21.3 Å². The van der Waals surface area contributed by atoms with Crippen LogP contribution in [0.4, 0.5) is 0 Å². The average Bonchev–Trinajstić information content (AvgIpc) is 2.49. The maximum atomic E-state index is 5.37. The Hall–Kier alpha value is -1.80. The van der Waals surface area contributed by atoms with E-state index < -0.39 is 0 Å². The number of benzene rings is 2. The molecule has 2 rings (SSSR count). The second-order valence-corrected chi connectivity index (χ2v) is 5.67. The zero-order valence-corrected chi connectivity index (χ0v) is 13.9. The zero-order valence-electron chi connectivity index (χ0n) is 13.9. The van der Waals surface area contributed by atoms with Crippen molar-refractivity contribution >= 4 is 0 Å². The first-order valence-corrected chi connectivity index (χ1v) is 7.38. The van der Waals surface area contributed by atoms with E-state index in [-0.39, 0.29) is 6.04 Å². The van der Waals surface area contributed by atoms with Crippen LogP contribution in [-0.4, -0.2) is 14.2 Å².